The summed E-state index contributed by atoms with van der Waals surface area (Å²) in [5.41, 5.74) is 2.17. The average Bonchev–Trinajstić information content (AvgIpc) is 3.54. The van der Waals surface area contributed by atoms with E-state index in [4.69, 9.17) is 4.74 Å². The van der Waals surface area contributed by atoms with Crippen LogP contribution in [0.2, 0.25) is 0 Å². The molecule has 1 aromatic carbocycles. The Morgan fingerprint density at radius 2 is 1.91 bits per heavy atom. The van der Waals surface area contributed by atoms with Gasteiger partial charge in [-0.1, -0.05) is 12.1 Å². The molecule has 0 spiro atoms. The molecule has 168 valence electrons. The molecule has 3 aliphatic rings. The number of rotatable bonds is 5. The summed E-state index contributed by atoms with van der Waals surface area (Å²) in [7, 11) is 0. The summed E-state index contributed by atoms with van der Waals surface area (Å²) >= 11 is 0. The fourth-order valence-corrected chi connectivity index (χ4v) is 5.89. The molecule has 0 unspecified atom stereocenters. The van der Waals surface area contributed by atoms with Gasteiger partial charge >= 0.3 is 0 Å². The number of nitrogens with one attached hydrogen (secondary N) is 1. The number of anilines is 1. The summed E-state index contributed by atoms with van der Waals surface area (Å²) < 4.78 is 6.36. The van der Waals surface area contributed by atoms with Gasteiger partial charge in [0, 0.05) is 25.8 Å². The third kappa shape index (κ3) is 3.84. The van der Waals surface area contributed by atoms with E-state index in [0.29, 0.717) is 11.8 Å². The van der Waals surface area contributed by atoms with Gasteiger partial charge in [-0.05, 0) is 74.4 Å². The molecule has 2 aliphatic heterocycles. The van der Waals surface area contributed by atoms with E-state index in [2.05, 4.69) is 43.0 Å². The van der Waals surface area contributed by atoms with E-state index in [1.165, 1.54) is 31.5 Å². The number of benzene rings is 1. The van der Waals surface area contributed by atoms with Gasteiger partial charge in [0.25, 0.3) is 0 Å². The lowest BCUT2D eigenvalue weighted by Gasteiger charge is -2.35. The Morgan fingerprint density at radius 1 is 1.06 bits per heavy atom. The van der Waals surface area contributed by atoms with Crippen LogP contribution in [0.3, 0.4) is 0 Å². The quantitative estimate of drug-likeness (QED) is 0.643. The highest BCUT2D eigenvalue weighted by atomic mass is 16.5. The van der Waals surface area contributed by atoms with Crippen molar-refractivity contribution in [2.24, 2.45) is 11.8 Å². The van der Waals surface area contributed by atoms with Crippen molar-refractivity contribution in [3.8, 4) is 5.75 Å². The number of hydrogen-bond donors (Lipinski definition) is 2. The fourth-order valence-electron chi connectivity index (χ4n) is 5.89. The van der Waals surface area contributed by atoms with Crippen molar-refractivity contribution in [1.82, 2.24) is 19.9 Å². The van der Waals surface area contributed by atoms with Crippen molar-refractivity contribution in [2.45, 2.75) is 44.4 Å². The van der Waals surface area contributed by atoms with Crippen LogP contribution in [0.4, 0.5) is 5.82 Å². The van der Waals surface area contributed by atoms with Crippen LogP contribution in [0.15, 0.2) is 42.9 Å². The Kier molecular flexibility index (Phi) is 5.23. The highest BCUT2D eigenvalue weighted by Gasteiger charge is 2.43. The first kappa shape index (κ1) is 20.0. The maximum atomic E-state index is 10.9. The van der Waals surface area contributed by atoms with E-state index < -0.39 is 6.10 Å². The van der Waals surface area contributed by atoms with Crippen molar-refractivity contribution in [2.75, 3.05) is 31.1 Å². The SMILES string of the molecule is O[C@@H]1C[C@H]2CN(c3ncnc4[nH]ccc34)C[C@H]2C[C@H]1Oc1cccc(CN2CCCC2)c1. The van der Waals surface area contributed by atoms with Gasteiger partial charge in [0.2, 0.25) is 0 Å². The van der Waals surface area contributed by atoms with Gasteiger partial charge in [-0.3, -0.25) is 4.90 Å². The number of nitrogens with zero attached hydrogens (tertiary/aromatic N) is 4. The molecule has 3 fully saturated rings. The summed E-state index contributed by atoms with van der Waals surface area (Å²) in [5.74, 6) is 2.84. The molecule has 2 saturated heterocycles. The Hall–Kier alpha value is -2.64. The highest BCUT2D eigenvalue weighted by molar-refractivity contribution is 5.87. The fraction of sp³-hybridized carbons (Fsp3) is 0.520. The molecule has 7 heteroatoms. The number of aromatic nitrogens is 3. The van der Waals surface area contributed by atoms with Gasteiger partial charge in [0.05, 0.1) is 11.5 Å². The second-order valence-electron chi connectivity index (χ2n) is 9.69. The van der Waals surface area contributed by atoms with Crippen molar-refractivity contribution < 1.29 is 9.84 Å². The van der Waals surface area contributed by atoms with Crippen LogP contribution in [0.1, 0.15) is 31.2 Å². The average molecular weight is 434 g/mol. The van der Waals surface area contributed by atoms with Crippen molar-refractivity contribution in [1.29, 1.82) is 0 Å². The summed E-state index contributed by atoms with van der Waals surface area (Å²) in [5, 5.41) is 12.0. The largest absolute Gasteiger partial charge is 0.488 e. The van der Waals surface area contributed by atoms with E-state index >= 15 is 0 Å². The minimum Gasteiger partial charge on any atom is -0.488 e. The van der Waals surface area contributed by atoms with Gasteiger partial charge in [0.15, 0.2) is 0 Å². The molecule has 2 N–H and O–H groups in total. The molecule has 32 heavy (non-hydrogen) atoms. The number of fused-ring (bicyclic) bond motifs is 2. The topological polar surface area (TPSA) is 77.5 Å². The molecule has 4 atom stereocenters. The Balaban J connectivity index is 1.13. The minimum absolute atomic E-state index is 0.157. The number of hydrogen-bond acceptors (Lipinski definition) is 6. The zero-order chi connectivity index (χ0) is 21.5. The molecule has 1 aliphatic carbocycles. The summed E-state index contributed by atoms with van der Waals surface area (Å²) in [6.07, 6.45) is 7.21. The molecule has 0 radical (unpaired) electrons. The van der Waals surface area contributed by atoms with Crippen molar-refractivity contribution in [3.05, 3.63) is 48.4 Å². The molecule has 7 nitrogen and oxygen atoms in total. The summed E-state index contributed by atoms with van der Waals surface area (Å²) in [6.45, 7) is 5.23. The third-order valence-electron chi connectivity index (χ3n) is 7.51. The van der Waals surface area contributed by atoms with Gasteiger partial charge in [0.1, 0.15) is 29.6 Å². The molecular weight excluding hydrogens is 402 g/mol. The Labute approximate surface area is 188 Å². The predicted octanol–water partition coefficient (Wildman–Crippen LogP) is 3.21. The zero-order valence-corrected chi connectivity index (χ0v) is 18.4. The molecule has 1 saturated carbocycles. The van der Waals surface area contributed by atoms with Gasteiger partial charge in [-0.2, -0.15) is 0 Å². The molecule has 2 aromatic heterocycles. The lowest BCUT2D eigenvalue weighted by atomic mass is 9.78. The molecule has 6 rings (SSSR count). The number of H-pyrrole nitrogens is 1. The summed E-state index contributed by atoms with van der Waals surface area (Å²) in [4.78, 5) is 16.9. The predicted molar refractivity (Wildman–Crippen MR) is 124 cm³/mol. The molecular formula is C25H31N5O2. The maximum absolute atomic E-state index is 10.9. The number of aromatic amines is 1. The monoisotopic (exact) mass is 433 g/mol. The van der Waals surface area contributed by atoms with E-state index in [1.807, 2.05) is 18.3 Å². The molecule has 3 aromatic rings. The van der Waals surface area contributed by atoms with Crippen LogP contribution in [-0.2, 0) is 6.54 Å². The molecule has 0 bridgehead atoms. The molecule has 4 heterocycles. The summed E-state index contributed by atoms with van der Waals surface area (Å²) in [6, 6.07) is 10.5. The van der Waals surface area contributed by atoms with Crippen LogP contribution in [0.5, 0.6) is 5.75 Å². The standard InChI is InChI=1S/C25H31N5O2/c31-22-11-18-14-30(25-21-6-7-26-24(21)27-16-28-25)15-19(18)12-23(22)32-20-5-3-4-17(10-20)13-29-8-1-2-9-29/h3-7,10,16,18-19,22-23,31H,1-2,8-9,11-15H2,(H,26,27,28)/t18-,19+,22+,23+/m0/s1. The second kappa shape index (κ2) is 8.37. The highest BCUT2D eigenvalue weighted by Crippen LogP contribution is 2.40. The van der Waals surface area contributed by atoms with Crippen LogP contribution in [-0.4, -0.2) is 63.3 Å². The van der Waals surface area contributed by atoms with Crippen LogP contribution < -0.4 is 9.64 Å². The Morgan fingerprint density at radius 3 is 2.78 bits per heavy atom. The normalized spacial score (nSPS) is 28.3. The lowest BCUT2D eigenvalue weighted by molar-refractivity contribution is -0.0231. The minimum atomic E-state index is -0.434. The second-order valence-corrected chi connectivity index (χ2v) is 9.69. The number of aliphatic hydroxyl groups is 1. The van der Waals surface area contributed by atoms with Crippen LogP contribution in [0.25, 0.3) is 11.0 Å². The Bertz CT molecular complexity index is 1080. The van der Waals surface area contributed by atoms with E-state index in [-0.39, 0.29) is 6.10 Å². The third-order valence-corrected chi connectivity index (χ3v) is 7.51. The van der Waals surface area contributed by atoms with E-state index in [1.54, 1.807) is 6.33 Å². The number of likely N-dealkylation sites (tertiary alicyclic amines) is 1. The van der Waals surface area contributed by atoms with Crippen molar-refractivity contribution >= 4 is 16.9 Å². The van der Waals surface area contributed by atoms with Crippen LogP contribution >= 0.6 is 0 Å². The smallest absolute Gasteiger partial charge is 0.142 e. The number of aliphatic hydroxyl groups excluding tert-OH is 1. The van der Waals surface area contributed by atoms with Crippen molar-refractivity contribution in [3.63, 3.8) is 0 Å². The van der Waals surface area contributed by atoms with Crippen LogP contribution in [0, 0.1) is 11.8 Å². The molecule has 0 amide bonds. The zero-order valence-electron chi connectivity index (χ0n) is 18.4. The van der Waals surface area contributed by atoms with E-state index in [0.717, 1.165) is 55.1 Å². The number of ether oxygens (including phenoxy) is 1. The van der Waals surface area contributed by atoms with Gasteiger partial charge in [-0.15, -0.1) is 0 Å². The van der Waals surface area contributed by atoms with Gasteiger partial charge < -0.3 is 19.7 Å². The first-order valence-electron chi connectivity index (χ1n) is 11.9. The van der Waals surface area contributed by atoms with Gasteiger partial charge in [-0.25, -0.2) is 9.97 Å². The maximum Gasteiger partial charge on any atom is 0.142 e. The first-order valence-corrected chi connectivity index (χ1v) is 11.9. The van der Waals surface area contributed by atoms with E-state index in [9.17, 15) is 5.11 Å². The first-order chi connectivity index (χ1) is 15.7. The lowest BCUT2D eigenvalue weighted by Crippen LogP contribution is -2.42.